The molecule has 1 aliphatic heterocycles. The second-order valence-electron chi connectivity index (χ2n) is 5.99. The molecule has 1 heterocycles. The van der Waals surface area contributed by atoms with Crippen molar-refractivity contribution < 1.29 is 9.22 Å². The van der Waals surface area contributed by atoms with Crippen molar-refractivity contribution in [3.63, 3.8) is 0 Å². The summed E-state index contributed by atoms with van der Waals surface area (Å²) in [5.41, 5.74) is 0. The van der Waals surface area contributed by atoms with Crippen molar-refractivity contribution in [2.24, 2.45) is 0 Å². The number of amides is 1. The van der Waals surface area contributed by atoms with Gasteiger partial charge in [0.2, 0.25) is 5.91 Å². The fraction of sp³-hybridized carbons (Fsp3) is 0.769. The zero-order chi connectivity index (χ0) is 13.1. The Morgan fingerprint density at radius 3 is 2.53 bits per heavy atom. The first-order chi connectivity index (χ1) is 7.74. The van der Waals surface area contributed by atoms with Gasteiger partial charge in [0.25, 0.3) is 0 Å². The van der Waals surface area contributed by atoms with Crippen molar-refractivity contribution in [2.45, 2.75) is 51.7 Å². The van der Waals surface area contributed by atoms with E-state index in [1.165, 1.54) is 0 Å². The Morgan fingerprint density at radius 1 is 1.41 bits per heavy atom. The maximum absolute atomic E-state index is 11.3. The molecule has 0 aliphatic carbocycles. The summed E-state index contributed by atoms with van der Waals surface area (Å²) in [5.74, 6) is 3.10. The third-order valence-electron chi connectivity index (χ3n) is 3.60. The summed E-state index contributed by atoms with van der Waals surface area (Å²) in [7, 11) is -1.70. The molecule has 0 atom stereocenters. The fourth-order valence-electron chi connectivity index (χ4n) is 1.33. The van der Waals surface area contributed by atoms with E-state index in [9.17, 15) is 4.79 Å². The van der Waals surface area contributed by atoms with Gasteiger partial charge in [0.1, 0.15) is 0 Å². The molecule has 0 spiro atoms. The van der Waals surface area contributed by atoms with Gasteiger partial charge in [-0.25, -0.2) is 0 Å². The van der Waals surface area contributed by atoms with E-state index in [-0.39, 0.29) is 10.9 Å². The molecule has 0 aromatic rings. The van der Waals surface area contributed by atoms with E-state index in [2.05, 4.69) is 45.8 Å². The van der Waals surface area contributed by atoms with Crippen LogP contribution in [0.1, 0.15) is 33.6 Å². The topological polar surface area (TPSA) is 29.5 Å². The summed E-state index contributed by atoms with van der Waals surface area (Å²) in [6.45, 7) is 12.2. The van der Waals surface area contributed by atoms with Gasteiger partial charge in [-0.3, -0.25) is 9.69 Å². The highest BCUT2D eigenvalue weighted by molar-refractivity contribution is 6.74. The summed E-state index contributed by atoms with van der Waals surface area (Å²) in [6.07, 6.45) is 1.56. The quantitative estimate of drug-likeness (QED) is 0.559. The zero-order valence-electron chi connectivity index (χ0n) is 11.6. The molecule has 0 aromatic carbocycles. The molecular formula is C13H23NO2Si. The number of likely N-dealkylation sites (tertiary alicyclic amines) is 1. The Morgan fingerprint density at radius 2 is 2.06 bits per heavy atom. The molecule has 1 saturated heterocycles. The van der Waals surface area contributed by atoms with Gasteiger partial charge >= 0.3 is 0 Å². The van der Waals surface area contributed by atoms with Gasteiger partial charge in [0, 0.05) is 19.0 Å². The predicted octanol–water partition coefficient (Wildman–Crippen LogP) is 2.59. The Kier molecular flexibility index (Phi) is 4.40. The number of carbonyl (C=O) groups is 1. The third-order valence-corrected chi connectivity index (χ3v) is 8.08. The maximum Gasteiger partial charge on any atom is 0.234 e. The van der Waals surface area contributed by atoms with E-state index >= 15 is 0 Å². The van der Waals surface area contributed by atoms with Crippen molar-refractivity contribution in [1.82, 2.24) is 4.90 Å². The molecule has 4 heteroatoms. The Labute approximate surface area is 106 Å². The lowest BCUT2D eigenvalue weighted by atomic mass is 10.2. The minimum Gasteiger partial charge on any atom is -0.406 e. The fourth-order valence-corrected chi connectivity index (χ4v) is 2.19. The summed E-state index contributed by atoms with van der Waals surface area (Å²) in [5, 5.41) is 0.206. The molecule has 0 aromatic heterocycles. The minimum atomic E-state index is -1.70. The lowest BCUT2D eigenvalue weighted by Crippen LogP contribution is -2.40. The van der Waals surface area contributed by atoms with Crippen LogP contribution in [-0.4, -0.2) is 32.3 Å². The molecule has 0 unspecified atom stereocenters. The molecule has 1 rings (SSSR count). The second-order valence-corrected chi connectivity index (χ2v) is 10.8. The molecule has 1 fully saturated rings. The van der Waals surface area contributed by atoms with Crippen LogP contribution in [0.4, 0.5) is 0 Å². The van der Waals surface area contributed by atoms with E-state index in [1.807, 2.05) is 0 Å². The molecule has 0 bridgehead atoms. The first kappa shape index (κ1) is 14.3. The summed E-state index contributed by atoms with van der Waals surface area (Å²) < 4.78 is 5.92. The lowest BCUT2D eigenvalue weighted by Gasteiger charge is -2.35. The van der Waals surface area contributed by atoms with Gasteiger partial charge in [0.05, 0.1) is 6.61 Å². The molecule has 17 heavy (non-hydrogen) atoms. The zero-order valence-corrected chi connectivity index (χ0v) is 12.6. The Balaban J connectivity index is 2.43. The normalized spacial score (nSPS) is 17.0. The van der Waals surface area contributed by atoms with Crippen LogP contribution < -0.4 is 0 Å². The van der Waals surface area contributed by atoms with Crippen LogP contribution in [0.15, 0.2) is 0 Å². The molecule has 0 radical (unpaired) electrons. The molecule has 3 nitrogen and oxygen atoms in total. The maximum atomic E-state index is 11.3. The first-order valence-electron chi connectivity index (χ1n) is 6.17. The summed E-state index contributed by atoms with van der Waals surface area (Å²) in [6, 6.07) is 2.89. The molecule has 96 valence electrons. The SMILES string of the molecule is CC(C)(C)[Si](C)(C)OCC#CN1CCCC1=O. The smallest absolute Gasteiger partial charge is 0.234 e. The molecule has 0 N–H and O–H groups in total. The number of rotatable bonds is 2. The molecule has 1 amide bonds. The van der Waals surface area contributed by atoms with E-state index < -0.39 is 8.32 Å². The highest BCUT2D eigenvalue weighted by Gasteiger charge is 2.36. The monoisotopic (exact) mass is 253 g/mol. The van der Waals surface area contributed by atoms with Gasteiger partial charge in [-0.2, -0.15) is 0 Å². The number of carbonyl (C=O) groups excluding carboxylic acids is 1. The number of hydrogen-bond donors (Lipinski definition) is 0. The average molecular weight is 253 g/mol. The van der Waals surface area contributed by atoms with Crippen LogP contribution in [0.2, 0.25) is 18.1 Å². The van der Waals surface area contributed by atoms with Crippen LogP contribution >= 0.6 is 0 Å². The second kappa shape index (κ2) is 5.24. The largest absolute Gasteiger partial charge is 0.406 e. The predicted molar refractivity (Wildman–Crippen MR) is 71.9 cm³/mol. The highest BCUT2D eigenvalue weighted by atomic mass is 28.4. The van der Waals surface area contributed by atoms with Crippen molar-refractivity contribution >= 4 is 14.2 Å². The lowest BCUT2D eigenvalue weighted by molar-refractivity contribution is -0.124. The van der Waals surface area contributed by atoms with Crippen LogP contribution in [0.5, 0.6) is 0 Å². The Hall–Kier alpha value is -0.793. The standard InChI is InChI=1S/C13H23NO2Si/c1-13(2,3)17(4,5)16-11-7-10-14-9-6-8-12(14)15/h6,8-9,11H2,1-5H3. The van der Waals surface area contributed by atoms with E-state index in [0.29, 0.717) is 13.0 Å². The van der Waals surface area contributed by atoms with Crippen LogP contribution in [0, 0.1) is 12.0 Å². The van der Waals surface area contributed by atoms with Crippen molar-refractivity contribution in [1.29, 1.82) is 0 Å². The number of nitrogens with zero attached hydrogens (tertiary/aromatic N) is 1. The van der Waals surface area contributed by atoms with Gasteiger partial charge in [-0.05, 0) is 24.6 Å². The summed E-state index contributed by atoms with van der Waals surface area (Å²) >= 11 is 0. The van der Waals surface area contributed by atoms with Crippen LogP contribution in [-0.2, 0) is 9.22 Å². The first-order valence-corrected chi connectivity index (χ1v) is 9.08. The van der Waals surface area contributed by atoms with Crippen molar-refractivity contribution in [2.75, 3.05) is 13.2 Å². The van der Waals surface area contributed by atoms with Gasteiger partial charge in [-0.1, -0.05) is 26.7 Å². The van der Waals surface area contributed by atoms with Crippen LogP contribution in [0.3, 0.4) is 0 Å². The highest BCUT2D eigenvalue weighted by Crippen LogP contribution is 2.36. The average Bonchev–Trinajstić information content (AvgIpc) is 2.57. The van der Waals surface area contributed by atoms with Crippen LogP contribution in [0.25, 0.3) is 0 Å². The molecule has 0 saturated carbocycles. The third kappa shape index (κ3) is 3.86. The van der Waals surface area contributed by atoms with Crippen molar-refractivity contribution in [3.05, 3.63) is 0 Å². The van der Waals surface area contributed by atoms with E-state index in [4.69, 9.17) is 4.43 Å². The molecular weight excluding hydrogens is 230 g/mol. The Bertz CT molecular complexity index is 347. The summed E-state index contributed by atoms with van der Waals surface area (Å²) in [4.78, 5) is 12.9. The molecule has 1 aliphatic rings. The van der Waals surface area contributed by atoms with Gasteiger partial charge in [0.15, 0.2) is 8.32 Å². The van der Waals surface area contributed by atoms with E-state index in [1.54, 1.807) is 4.90 Å². The number of hydrogen-bond acceptors (Lipinski definition) is 2. The van der Waals surface area contributed by atoms with Gasteiger partial charge < -0.3 is 4.43 Å². The van der Waals surface area contributed by atoms with Gasteiger partial charge in [-0.15, -0.1) is 0 Å². The van der Waals surface area contributed by atoms with Crippen molar-refractivity contribution in [3.8, 4) is 12.0 Å². The van der Waals surface area contributed by atoms with E-state index in [0.717, 1.165) is 13.0 Å². The minimum absolute atomic E-state index is 0.143.